The molecule has 2 aromatic rings. The summed E-state index contributed by atoms with van der Waals surface area (Å²) in [7, 11) is 2.14. The Hall–Kier alpha value is -1.89. The van der Waals surface area contributed by atoms with Gasteiger partial charge in [0.05, 0.1) is 0 Å². The quantitative estimate of drug-likeness (QED) is 0.678. The van der Waals surface area contributed by atoms with Crippen LogP contribution in [0.4, 0.5) is 0 Å². The van der Waals surface area contributed by atoms with Gasteiger partial charge >= 0.3 is 0 Å². The summed E-state index contributed by atoms with van der Waals surface area (Å²) in [5.74, 6) is 0. The number of hydrogen-bond acceptors (Lipinski definition) is 0. The first-order valence-electron chi connectivity index (χ1n) is 6.79. The van der Waals surface area contributed by atoms with Crippen molar-refractivity contribution in [3.05, 3.63) is 59.3 Å². The van der Waals surface area contributed by atoms with Crippen LogP contribution >= 0.6 is 0 Å². The van der Waals surface area contributed by atoms with Gasteiger partial charge in [-0.1, -0.05) is 44.2 Å². The lowest BCUT2D eigenvalue weighted by molar-refractivity contribution is -0.660. The third-order valence-electron chi connectivity index (χ3n) is 4.08. The van der Waals surface area contributed by atoms with E-state index in [0.717, 1.165) is 0 Å². The Morgan fingerprint density at radius 2 is 1.79 bits per heavy atom. The molecule has 0 unspecified atom stereocenters. The van der Waals surface area contributed by atoms with E-state index in [2.05, 4.69) is 81.1 Å². The van der Waals surface area contributed by atoms with Crippen LogP contribution in [0.2, 0.25) is 0 Å². The number of hydrogen-bond donors (Lipinski definition) is 0. The summed E-state index contributed by atoms with van der Waals surface area (Å²) in [6.07, 6.45) is 6.71. The normalized spacial score (nSPS) is 15.6. The molecule has 0 bridgehead atoms. The highest BCUT2D eigenvalue weighted by atomic mass is 14.9. The third-order valence-corrected chi connectivity index (χ3v) is 4.08. The largest absolute Gasteiger partial charge is 0.217 e. The molecule has 1 heteroatoms. The van der Waals surface area contributed by atoms with Crippen molar-refractivity contribution in [2.24, 2.45) is 7.05 Å². The molecule has 1 aliphatic rings. The minimum absolute atomic E-state index is 0.103. The van der Waals surface area contributed by atoms with E-state index in [-0.39, 0.29) is 5.41 Å². The standard InChI is InChI=1S/C18H20N/c1-13-7-5-6-8-15(13)17-16-14(10-12-19(17)4)9-11-18(16,2)3/h5-12H,1-4H3/q+1. The molecular formula is C18H20N+. The average molecular weight is 250 g/mol. The molecule has 0 N–H and O–H groups in total. The lowest BCUT2D eigenvalue weighted by Crippen LogP contribution is -2.34. The molecule has 3 rings (SSSR count). The summed E-state index contributed by atoms with van der Waals surface area (Å²) in [4.78, 5) is 0. The van der Waals surface area contributed by atoms with Crippen LogP contribution in [0.5, 0.6) is 0 Å². The zero-order chi connectivity index (χ0) is 13.6. The maximum Gasteiger partial charge on any atom is 0.217 e. The number of aryl methyl sites for hydroxylation is 2. The maximum atomic E-state index is 2.30. The van der Waals surface area contributed by atoms with Crippen molar-refractivity contribution < 1.29 is 4.57 Å². The fourth-order valence-electron chi connectivity index (χ4n) is 3.02. The average Bonchev–Trinajstić information content (AvgIpc) is 2.67. The Morgan fingerprint density at radius 3 is 2.53 bits per heavy atom. The number of nitrogens with zero attached hydrogens (tertiary/aromatic N) is 1. The van der Waals surface area contributed by atoms with Crippen molar-refractivity contribution in [1.29, 1.82) is 0 Å². The van der Waals surface area contributed by atoms with Crippen molar-refractivity contribution in [3.63, 3.8) is 0 Å². The van der Waals surface area contributed by atoms with E-state index in [1.54, 1.807) is 0 Å². The van der Waals surface area contributed by atoms with Gasteiger partial charge in [-0.2, -0.15) is 0 Å². The second-order valence-corrected chi connectivity index (χ2v) is 5.98. The lowest BCUT2D eigenvalue weighted by Gasteiger charge is -2.20. The van der Waals surface area contributed by atoms with Gasteiger partial charge in [0.2, 0.25) is 5.69 Å². The Bertz CT molecular complexity index is 678. The second-order valence-electron chi connectivity index (χ2n) is 5.98. The van der Waals surface area contributed by atoms with Crippen LogP contribution in [0.15, 0.2) is 42.6 Å². The van der Waals surface area contributed by atoms with Gasteiger partial charge in [0.25, 0.3) is 0 Å². The van der Waals surface area contributed by atoms with Crippen LogP contribution in [0.25, 0.3) is 17.3 Å². The predicted molar refractivity (Wildman–Crippen MR) is 79.9 cm³/mol. The Balaban J connectivity index is 2.36. The summed E-state index contributed by atoms with van der Waals surface area (Å²) in [5.41, 5.74) is 6.89. The van der Waals surface area contributed by atoms with Gasteiger partial charge in [-0.3, -0.25) is 0 Å². The smallest absolute Gasteiger partial charge is 0.201 e. The molecule has 0 fully saturated rings. The van der Waals surface area contributed by atoms with Crippen molar-refractivity contribution in [2.45, 2.75) is 26.2 Å². The number of allylic oxidation sites excluding steroid dienone is 1. The van der Waals surface area contributed by atoms with Crippen LogP contribution in [-0.2, 0) is 12.5 Å². The molecule has 1 aromatic carbocycles. The van der Waals surface area contributed by atoms with Gasteiger partial charge in [0.1, 0.15) is 7.05 Å². The molecule has 0 saturated heterocycles. The van der Waals surface area contributed by atoms with Crippen molar-refractivity contribution >= 4 is 6.08 Å². The number of aromatic nitrogens is 1. The zero-order valence-corrected chi connectivity index (χ0v) is 12.1. The molecule has 0 atom stereocenters. The van der Waals surface area contributed by atoms with E-state index in [1.165, 1.54) is 27.9 Å². The summed E-state index contributed by atoms with van der Waals surface area (Å²) in [6.45, 7) is 6.76. The molecule has 0 radical (unpaired) electrons. The van der Waals surface area contributed by atoms with E-state index in [1.807, 2.05) is 0 Å². The van der Waals surface area contributed by atoms with Gasteiger partial charge in [-0.15, -0.1) is 0 Å². The highest BCUT2D eigenvalue weighted by molar-refractivity contribution is 5.75. The lowest BCUT2D eigenvalue weighted by atomic mass is 9.83. The summed E-state index contributed by atoms with van der Waals surface area (Å²) in [5, 5.41) is 0. The molecule has 1 aromatic heterocycles. The number of fused-ring (bicyclic) bond motifs is 1. The van der Waals surface area contributed by atoms with Gasteiger partial charge in [0.15, 0.2) is 6.20 Å². The molecule has 0 aliphatic heterocycles. The van der Waals surface area contributed by atoms with Crippen LogP contribution in [0.1, 0.15) is 30.5 Å². The summed E-state index contributed by atoms with van der Waals surface area (Å²) >= 11 is 0. The molecule has 1 nitrogen and oxygen atoms in total. The topological polar surface area (TPSA) is 3.88 Å². The highest BCUT2D eigenvalue weighted by Crippen LogP contribution is 2.40. The maximum absolute atomic E-state index is 2.30. The van der Waals surface area contributed by atoms with E-state index in [4.69, 9.17) is 0 Å². The van der Waals surface area contributed by atoms with Gasteiger partial charge in [-0.25, -0.2) is 4.57 Å². The third kappa shape index (κ3) is 1.81. The second kappa shape index (κ2) is 4.06. The first-order valence-corrected chi connectivity index (χ1v) is 6.79. The van der Waals surface area contributed by atoms with Crippen LogP contribution in [0, 0.1) is 6.92 Å². The summed E-state index contributed by atoms with van der Waals surface area (Å²) in [6, 6.07) is 10.8. The molecule has 96 valence electrons. The van der Waals surface area contributed by atoms with Gasteiger partial charge in [-0.05, 0) is 24.1 Å². The molecule has 0 spiro atoms. The fraction of sp³-hybridized carbons (Fsp3) is 0.278. The molecule has 1 heterocycles. The van der Waals surface area contributed by atoms with E-state index >= 15 is 0 Å². The van der Waals surface area contributed by atoms with E-state index in [0.29, 0.717) is 0 Å². The van der Waals surface area contributed by atoms with Crippen molar-refractivity contribution in [2.75, 3.05) is 0 Å². The van der Waals surface area contributed by atoms with Crippen LogP contribution in [0.3, 0.4) is 0 Å². The van der Waals surface area contributed by atoms with Crippen molar-refractivity contribution in [1.82, 2.24) is 0 Å². The van der Waals surface area contributed by atoms with E-state index < -0.39 is 0 Å². The first-order chi connectivity index (χ1) is 9.00. The Labute approximate surface area is 115 Å². The Kier molecular flexibility index (Phi) is 2.60. The fourth-order valence-corrected chi connectivity index (χ4v) is 3.02. The molecule has 0 amide bonds. The van der Waals surface area contributed by atoms with Gasteiger partial charge in [0, 0.05) is 22.6 Å². The zero-order valence-electron chi connectivity index (χ0n) is 12.1. The Morgan fingerprint density at radius 1 is 1.05 bits per heavy atom. The van der Waals surface area contributed by atoms with Crippen molar-refractivity contribution in [3.8, 4) is 11.3 Å². The monoisotopic (exact) mass is 250 g/mol. The SMILES string of the molecule is Cc1ccccc1-c1c2c(cc[n+]1C)C=CC2(C)C. The highest BCUT2D eigenvalue weighted by Gasteiger charge is 2.33. The molecular weight excluding hydrogens is 230 g/mol. The molecule has 0 saturated carbocycles. The summed E-state index contributed by atoms with van der Waals surface area (Å²) < 4.78 is 2.25. The van der Waals surface area contributed by atoms with Crippen LogP contribution in [-0.4, -0.2) is 0 Å². The minimum atomic E-state index is 0.103. The minimum Gasteiger partial charge on any atom is -0.201 e. The first kappa shape index (κ1) is 12.2. The number of pyridine rings is 1. The number of benzene rings is 1. The van der Waals surface area contributed by atoms with Crippen LogP contribution < -0.4 is 4.57 Å². The number of rotatable bonds is 1. The molecule has 19 heavy (non-hydrogen) atoms. The van der Waals surface area contributed by atoms with E-state index in [9.17, 15) is 0 Å². The predicted octanol–water partition coefficient (Wildman–Crippen LogP) is 3.79. The van der Waals surface area contributed by atoms with Gasteiger partial charge < -0.3 is 0 Å². The molecule has 1 aliphatic carbocycles.